The predicted octanol–water partition coefficient (Wildman–Crippen LogP) is 19.8. The molecule has 14 heterocycles. The summed E-state index contributed by atoms with van der Waals surface area (Å²) in [5.41, 5.74) is 14.4. The number of halogens is 13. The Hall–Kier alpha value is -14.2. The second-order valence-electron chi connectivity index (χ2n) is 32.1. The van der Waals surface area contributed by atoms with Crippen LogP contribution >= 0.6 is 83.7 Å². The first-order chi connectivity index (χ1) is 68.0. The third-order valence-corrected chi connectivity index (χ3v) is 26.7. The molecule has 141 heavy (non-hydrogen) atoms. The molecular weight excluding hydrogens is 2250 g/mol. The molecule has 8 aromatic carbocycles. The molecule has 0 amide bonds. The molecule has 2 saturated heterocycles. The van der Waals surface area contributed by atoms with Crippen molar-refractivity contribution in [1.29, 1.82) is 0 Å². The van der Waals surface area contributed by atoms with Gasteiger partial charge in [-0.25, -0.2) is 89.3 Å². The van der Waals surface area contributed by atoms with Crippen LogP contribution in [0.5, 0.6) is 5.75 Å². The van der Waals surface area contributed by atoms with Gasteiger partial charge in [0.25, 0.3) is 0 Å². The van der Waals surface area contributed by atoms with Gasteiger partial charge in [-0.1, -0.05) is 78.9 Å². The quantitative estimate of drug-likeness (QED) is 0.0670. The highest BCUT2D eigenvalue weighted by Crippen LogP contribution is 2.43. The van der Waals surface area contributed by atoms with Crippen molar-refractivity contribution in [3.05, 3.63) is 315 Å². The lowest BCUT2D eigenvalue weighted by Gasteiger charge is -2.28. The van der Waals surface area contributed by atoms with Crippen LogP contribution in [-0.2, 0) is 9.47 Å². The number of anilines is 4. The van der Waals surface area contributed by atoms with Gasteiger partial charge < -0.3 is 53.1 Å². The molecule has 20 aromatic rings. The van der Waals surface area contributed by atoms with Crippen LogP contribution in [0.1, 0.15) is 74.9 Å². The third-order valence-electron chi connectivity index (χ3n) is 23.7. The van der Waals surface area contributed by atoms with Crippen LogP contribution in [0.15, 0.2) is 236 Å². The standard InChI is InChI=1S/2C26H20F2IN5O3.C23H14BrF4N5O3.C22H15FIN5O2/c1-14(34-26-21(24(29)32-34)25(30-13-31-26)33-8-10-36-11-9-33)23-19(15-4-2-5-16(27)12-15)22(35)20-17(28)6-3-7-18(20)37-23;1-14(34-26-21(24(29)32-34)25(30-13-31-26)33-9-11-36-12-10-33)23-19(15-5-7-16(27)8-6-15)22(35)20-17(28)3-2-4-18(20)37-23;1-9(20-17(24)19(34)15-11(25)3-2-4-14(15)35-20)33-22-16(21(29)30-8-31-22)18(32-33)10-5-6-13(12(26)7-10)36-23(27)28;1-11(29-22-17(20(24)28-29)21(25)26-10-27-22)19-15(12-6-3-2-4-7-12)18(30)16-13(23)8-5-9-14(16)31-19/h2-7,12-14H,8-11H2,1H3;2-8,13-14H,9-12H2,1H3;2-9,23H,1H3,(H2,29,30,31);2-11H,1H3,(H2,25,26,27). The molecule has 4 unspecified atom stereocenters. The largest absolute Gasteiger partial charge is 0.458 e. The Morgan fingerprint density at radius 1 is 0.362 bits per heavy atom. The average Bonchev–Trinajstić information content (AvgIpc) is 1.35. The highest BCUT2D eigenvalue weighted by Gasteiger charge is 2.35. The normalized spacial score (nSPS) is 13.8. The number of morpholine rings is 2. The SMILES string of the molecule is CC(c1oc2cccc(F)c2c(=O)c1-c1ccc(F)cc1)n1nc(I)c2c(N3CCOCC3)ncnc21.CC(c1oc2cccc(F)c2c(=O)c1-c1cccc(F)c1)n1nc(I)c2c(N3CCOCC3)ncnc21.CC(c1oc2cccc(F)c2c(=O)c1-c1ccccc1)n1nc(I)c2c(N)ncnc21.CC(c1oc2cccc(F)c2c(=O)c1Br)n1nc(-c2ccc(OC(F)F)c(F)c2)c2c(N)ncnc21. The number of nitrogens with zero attached hydrogens (tertiary/aromatic N) is 18. The molecule has 714 valence electrons. The van der Waals surface area contributed by atoms with Crippen LogP contribution in [0.4, 0.5) is 62.8 Å². The summed E-state index contributed by atoms with van der Waals surface area (Å²) in [4.78, 5) is 92.5. The van der Waals surface area contributed by atoms with Gasteiger partial charge in [0.2, 0.25) is 21.7 Å². The van der Waals surface area contributed by atoms with Gasteiger partial charge >= 0.3 is 6.61 Å². The Morgan fingerprint density at radius 3 is 1.16 bits per heavy atom. The number of alkyl halides is 2. The van der Waals surface area contributed by atoms with E-state index in [2.05, 4.69) is 148 Å². The Balaban J connectivity index is 0.000000120. The fraction of sp³-hybridized carbons (Fsp3) is 0.175. The number of ether oxygens (including phenoxy) is 3. The van der Waals surface area contributed by atoms with Crippen molar-refractivity contribution in [3.8, 4) is 50.4 Å². The minimum atomic E-state index is -3.20. The molecule has 2 aliphatic heterocycles. The van der Waals surface area contributed by atoms with Crippen LogP contribution in [0.25, 0.3) is 133 Å². The smallest absolute Gasteiger partial charge is 0.387 e. The minimum absolute atomic E-state index is 0.0145. The molecule has 12 aromatic heterocycles. The summed E-state index contributed by atoms with van der Waals surface area (Å²) in [7, 11) is 0. The molecule has 4 N–H and O–H groups in total. The number of hydrogen-bond acceptors (Lipinski definition) is 27. The maximum Gasteiger partial charge on any atom is 0.387 e. The zero-order valence-electron chi connectivity index (χ0n) is 73.6. The van der Waals surface area contributed by atoms with Gasteiger partial charge in [-0.15, -0.1) is 0 Å². The molecule has 22 rings (SSSR count). The molecule has 0 radical (unpaired) electrons. The second-order valence-corrected chi connectivity index (χ2v) is 35.9. The van der Waals surface area contributed by atoms with E-state index in [1.54, 1.807) is 51.3 Å². The maximum absolute atomic E-state index is 14.7. The Labute approximate surface area is 836 Å². The molecule has 2 fully saturated rings. The van der Waals surface area contributed by atoms with Crippen molar-refractivity contribution < 1.29 is 71.4 Å². The summed E-state index contributed by atoms with van der Waals surface area (Å²) in [6.45, 7) is 9.13. The molecule has 0 spiro atoms. The lowest BCUT2D eigenvalue weighted by atomic mass is 9.99. The van der Waals surface area contributed by atoms with E-state index >= 15 is 0 Å². The third kappa shape index (κ3) is 18.0. The molecule has 2 aliphatic rings. The summed E-state index contributed by atoms with van der Waals surface area (Å²) >= 11 is 9.56. The highest BCUT2D eigenvalue weighted by molar-refractivity contribution is 14.1. The number of nitrogens with two attached hydrogens (primary N) is 2. The number of benzene rings is 8. The first-order valence-corrected chi connectivity index (χ1v) is 47.1. The Bertz CT molecular complexity index is 8610. The van der Waals surface area contributed by atoms with E-state index in [4.69, 9.17) is 48.8 Å². The first kappa shape index (κ1) is 95.7. The maximum atomic E-state index is 14.7. The number of aromatic nitrogens is 16. The molecule has 0 saturated carbocycles. The predicted molar refractivity (Wildman–Crippen MR) is 535 cm³/mol. The van der Waals surface area contributed by atoms with Crippen LogP contribution in [0.3, 0.4) is 0 Å². The number of rotatable bonds is 16. The van der Waals surface area contributed by atoms with E-state index in [-0.39, 0.29) is 116 Å². The van der Waals surface area contributed by atoms with E-state index < -0.39 is 99.0 Å². The molecule has 0 bridgehead atoms. The second kappa shape index (κ2) is 39.8. The van der Waals surface area contributed by atoms with E-state index in [0.29, 0.717) is 109 Å². The highest BCUT2D eigenvalue weighted by atomic mass is 127. The van der Waals surface area contributed by atoms with Gasteiger partial charge in [-0.2, -0.15) is 29.2 Å². The number of nitrogen functional groups attached to an aromatic ring is 2. The van der Waals surface area contributed by atoms with Crippen molar-refractivity contribution in [2.24, 2.45) is 0 Å². The van der Waals surface area contributed by atoms with Crippen molar-refractivity contribution in [3.63, 3.8) is 0 Å². The average molecular weight is 2320 g/mol. The summed E-state index contributed by atoms with van der Waals surface area (Å²) < 4.78 is 174. The molecule has 0 aliphatic carbocycles. The van der Waals surface area contributed by atoms with Gasteiger partial charge in [0, 0.05) is 31.7 Å². The van der Waals surface area contributed by atoms with Crippen LogP contribution in [-0.4, -0.2) is 138 Å². The van der Waals surface area contributed by atoms with Gasteiger partial charge in [-0.05, 0) is 219 Å². The zero-order valence-corrected chi connectivity index (χ0v) is 81.7. The van der Waals surface area contributed by atoms with Crippen molar-refractivity contribution in [1.82, 2.24) is 79.0 Å². The molecular formula is C97H69BrF9I3N20O11. The van der Waals surface area contributed by atoms with E-state index in [1.807, 2.05) is 39.0 Å². The summed E-state index contributed by atoms with van der Waals surface area (Å²) in [6.07, 6.45) is 5.53. The lowest BCUT2D eigenvalue weighted by Crippen LogP contribution is -2.37. The monoisotopic (exact) mass is 2320 g/mol. The van der Waals surface area contributed by atoms with Crippen molar-refractivity contribution >= 4 is 195 Å². The first-order valence-electron chi connectivity index (χ1n) is 43.1. The van der Waals surface area contributed by atoms with Crippen molar-refractivity contribution in [2.45, 2.75) is 58.5 Å². The minimum Gasteiger partial charge on any atom is -0.458 e. The van der Waals surface area contributed by atoms with Crippen LogP contribution in [0, 0.1) is 51.8 Å². The zero-order chi connectivity index (χ0) is 98.8. The Morgan fingerprint density at radius 2 is 0.723 bits per heavy atom. The number of hydrogen-bond donors (Lipinski definition) is 2. The van der Waals surface area contributed by atoms with Gasteiger partial charge in [0.15, 0.2) is 34.2 Å². The lowest BCUT2D eigenvalue weighted by molar-refractivity contribution is -0.0521. The Kier molecular flexibility index (Phi) is 27.0. The fourth-order valence-corrected chi connectivity index (χ4v) is 19.8. The fourth-order valence-electron chi connectivity index (χ4n) is 17.1. The molecule has 31 nitrogen and oxygen atoms in total. The van der Waals surface area contributed by atoms with Crippen LogP contribution in [0.2, 0.25) is 0 Å². The summed E-state index contributed by atoms with van der Waals surface area (Å²) in [6, 6.07) is 37.7. The van der Waals surface area contributed by atoms with E-state index in [9.17, 15) is 58.7 Å². The summed E-state index contributed by atoms with van der Waals surface area (Å²) in [5, 5.41) is 20.4. The van der Waals surface area contributed by atoms with Gasteiger partial charge in [-0.3, -0.25) is 19.2 Å². The van der Waals surface area contributed by atoms with Crippen molar-refractivity contribution in [2.75, 3.05) is 73.9 Å². The molecule has 4 atom stereocenters. The number of fused-ring (bicyclic) bond motifs is 8. The van der Waals surface area contributed by atoms with Crippen LogP contribution < -0.4 is 47.7 Å². The van der Waals surface area contributed by atoms with E-state index in [1.165, 1.54) is 133 Å². The molecule has 44 heteroatoms. The topological polar surface area (TPSA) is 381 Å². The summed E-state index contributed by atoms with van der Waals surface area (Å²) in [5.74, 6) is -2.55. The van der Waals surface area contributed by atoms with Gasteiger partial charge in [0.05, 0.1) is 64.7 Å². The van der Waals surface area contributed by atoms with Gasteiger partial charge in [0.1, 0.15) is 196 Å². The van der Waals surface area contributed by atoms with E-state index in [0.717, 1.165) is 40.6 Å².